The van der Waals surface area contributed by atoms with E-state index in [1.54, 1.807) is 67.9 Å². The molecule has 0 amide bonds. The highest BCUT2D eigenvalue weighted by Gasteiger charge is 2.09. The van der Waals surface area contributed by atoms with E-state index < -0.39 is 5.97 Å². The molecular formula is C22H18Cl2N2O4. The molecule has 6 nitrogen and oxygen atoms in total. The molecule has 0 radical (unpaired) electrons. The van der Waals surface area contributed by atoms with Crippen molar-refractivity contribution in [2.75, 3.05) is 12.5 Å². The summed E-state index contributed by atoms with van der Waals surface area (Å²) in [5.41, 5.74) is 4.79. The van der Waals surface area contributed by atoms with Gasteiger partial charge in [0.1, 0.15) is 6.61 Å². The summed E-state index contributed by atoms with van der Waals surface area (Å²) in [6.45, 7) is 0.233. The predicted octanol–water partition coefficient (Wildman–Crippen LogP) is 5.73. The van der Waals surface area contributed by atoms with Crippen molar-refractivity contribution in [3.63, 3.8) is 0 Å². The van der Waals surface area contributed by atoms with Crippen LogP contribution in [-0.2, 0) is 6.61 Å². The zero-order chi connectivity index (χ0) is 21.5. The fraction of sp³-hybridized carbons (Fsp3) is 0.0909. The van der Waals surface area contributed by atoms with Gasteiger partial charge in [-0.25, -0.2) is 4.79 Å². The smallest absolute Gasteiger partial charge is 0.337 e. The van der Waals surface area contributed by atoms with Gasteiger partial charge < -0.3 is 14.6 Å². The molecule has 0 aliphatic carbocycles. The van der Waals surface area contributed by atoms with Crippen LogP contribution in [0.4, 0.5) is 5.69 Å². The van der Waals surface area contributed by atoms with Crippen LogP contribution in [0.3, 0.4) is 0 Å². The Labute approximate surface area is 183 Å². The summed E-state index contributed by atoms with van der Waals surface area (Å²) >= 11 is 12.1. The Morgan fingerprint density at radius 2 is 1.90 bits per heavy atom. The number of carboxylic acids is 1. The Morgan fingerprint density at radius 3 is 2.63 bits per heavy atom. The summed E-state index contributed by atoms with van der Waals surface area (Å²) in [5.74, 6) is 0.0362. The molecule has 0 aliphatic heterocycles. The van der Waals surface area contributed by atoms with Gasteiger partial charge in [-0.2, -0.15) is 5.10 Å². The van der Waals surface area contributed by atoms with E-state index in [2.05, 4.69) is 10.5 Å². The van der Waals surface area contributed by atoms with Crippen molar-refractivity contribution in [1.82, 2.24) is 0 Å². The molecule has 0 spiro atoms. The van der Waals surface area contributed by atoms with Gasteiger partial charge in [0, 0.05) is 15.6 Å². The number of carboxylic acid groups (broad SMARTS) is 1. The lowest BCUT2D eigenvalue weighted by Crippen LogP contribution is -2.02. The summed E-state index contributed by atoms with van der Waals surface area (Å²) < 4.78 is 11.2. The molecule has 2 N–H and O–H groups in total. The minimum Gasteiger partial charge on any atom is -0.493 e. The fourth-order valence-electron chi connectivity index (χ4n) is 2.62. The molecule has 30 heavy (non-hydrogen) atoms. The van der Waals surface area contributed by atoms with Crippen LogP contribution in [0.1, 0.15) is 21.5 Å². The average Bonchev–Trinajstić information content (AvgIpc) is 2.73. The van der Waals surface area contributed by atoms with Crippen LogP contribution in [0, 0.1) is 0 Å². The molecule has 3 aromatic rings. The second kappa shape index (κ2) is 10.0. The summed E-state index contributed by atoms with van der Waals surface area (Å²) in [6.07, 6.45) is 1.56. The Hall–Kier alpha value is -3.22. The van der Waals surface area contributed by atoms with Crippen LogP contribution in [0.5, 0.6) is 11.5 Å². The molecule has 3 rings (SSSR count). The maximum absolute atomic E-state index is 11.3. The van der Waals surface area contributed by atoms with Crippen LogP contribution < -0.4 is 14.9 Å². The lowest BCUT2D eigenvalue weighted by Gasteiger charge is -2.12. The second-order valence-corrected chi connectivity index (χ2v) is 7.00. The first-order chi connectivity index (χ1) is 14.5. The van der Waals surface area contributed by atoms with Crippen molar-refractivity contribution >= 4 is 41.1 Å². The SMILES string of the molecule is COc1ccc(/C=N/Nc2ccccc2C(=O)O)cc1OCc1ccc(Cl)cc1Cl. The highest BCUT2D eigenvalue weighted by molar-refractivity contribution is 6.35. The standard InChI is InChI=1S/C22H18Cl2N2O4/c1-29-20-9-6-14(12-25-26-19-5-3-2-4-17(19)22(27)28)10-21(20)30-13-15-7-8-16(23)11-18(15)24/h2-12,26H,13H2,1H3,(H,27,28)/b25-12+. The predicted molar refractivity (Wildman–Crippen MR) is 118 cm³/mol. The quantitative estimate of drug-likeness (QED) is 0.342. The number of nitrogens with zero attached hydrogens (tertiary/aromatic N) is 1. The van der Waals surface area contributed by atoms with E-state index in [0.29, 0.717) is 27.2 Å². The third-order valence-corrected chi connectivity index (χ3v) is 4.73. The summed E-state index contributed by atoms with van der Waals surface area (Å²) in [6, 6.07) is 17.0. The molecule has 0 saturated heterocycles. The average molecular weight is 445 g/mol. The summed E-state index contributed by atoms with van der Waals surface area (Å²) in [7, 11) is 1.55. The molecule has 154 valence electrons. The second-order valence-electron chi connectivity index (χ2n) is 6.16. The van der Waals surface area contributed by atoms with Crippen molar-refractivity contribution in [2.45, 2.75) is 6.61 Å². The van der Waals surface area contributed by atoms with Crippen molar-refractivity contribution in [2.24, 2.45) is 5.10 Å². The minimum atomic E-state index is -1.03. The molecule has 0 heterocycles. The third kappa shape index (κ3) is 5.43. The monoisotopic (exact) mass is 444 g/mol. The molecule has 0 saturated carbocycles. The van der Waals surface area contributed by atoms with Crippen molar-refractivity contribution < 1.29 is 19.4 Å². The van der Waals surface area contributed by atoms with Crippen LogP contribution >= 0.6 is 23.2 Å². The third-order valence-electron chi connectivity index (χ3n) is 4.14. The number of hydrazone groups is 1. The summed E-state index contributed by atoms with van der Waals surface area (Å²) in [5, 5.41) is 14.4. The minimum absolute atomic E-state index is 0.133. The Kier molecular flexibility index (Phi) is 7.17. The lowest BCUT2D eigenvalue weighted by atomic mass is 10.2. The van der Waals surface area contributed by atoms with Gasteiger partial charge in [0.15, 0.2) is 11.5 Å². The maximum atomic E-state index is 11.3. The number of rotatable bonds is 8. The summed E-state index contributed by atoms with van der Waals surface area (Å²) in [4.78, 5) is 11.3. The van der Waals surface area contributed by atoms with Crippen LogP contribution in [0.15, 0.2) is 65.8 Å². The Balaban J connectivity index is 1.74. The fourth-order valence-corrected chi connectivity index (χ4v) is 3.09. The number of benzene rings is 3. The van der Waals surface area contributed by atoms with Crippen LogP contribution in [0.25, 0.3) is 0 Å². The molecule has 0 aromatic heterocycles. The van der Waals surface area contributed by atoms with E-state index in [4.69, 9.17) is 32.7 Å². The van der Waals surface area contributed by atoms with E-state index in [-0.39, 0.29) is 12.2 Å². The molecule has 0 unspecified atom stereocenters. The number of nitrogens with one attached hydrogen (secondary N) is 1. The van der Waals surface area contributed by atoms with Gasteiger partial charge in [-0.3, -0.25) is 5.43 Å². The Morgan fingerprint density at radius 1 is 1.10 bits per heavy atom. The van der Waals surface area contributed by atoms with Crippen molar-refractivity contribution in [1.29, 1.82) is 0 Å². The molecule has 0 fully saturated rings. The van der Waals surface area contributed by atoms with E-state index in [9.17, 15) is 9.90 Å². The topological polar surface area (TPSA) is 80.2 Å². The lowest BCUT2D eigenvalue weighted by molar-refractivity contribution is 0.0698. The van der Waals surface area contributed by atoms with Gasteiger partial charge in [-0.15, -0.1) is 0 Å². The van der Waals surface area contributed by atoms with Crippen LogP contribution in [0.2, 0.25) is 10.0 Å². The number of para-hydroxylation sites is 1. The number of halogens is 2. The van der Waals surface area contributed by atoms with Gasteiger partial charge in [0.2, 0.25) is 0 Å². The molecule has 0 atom stereocenters. The molecule has 8 heteroatoms. The van der Waals surface area contributed by atoms with E-state index in [0.717, 1.165) is 11.1 Å². The van der Waals surface area contributed by atoms with E-state index in [1.807, 2.05) is 0 Å². The van der Waals surface area contributed by atoms with Crippen molar-refractivity contribution in [3.8, 4) is 11.5 Å². The number of hydrogen-bond donors (Lipinski definition) is 2. The van der Waals surface area contributed by atoms with Gasteiger partial charge in [-0.1, -0.05) is 41.4 Å². The highest BCUT2D eigenvalue weighted by Crippen LogP contribution is 2.30. The van der Waals surface area contributed by atoms with Gasteiger partial charge in [0.05, 0.1) is 24.6 Å². The van der Waals surface area contributed by atoms with E-state index >= 15 is 0 Å². The van der Waals surface area contributed by atoms with Gasteiger partial charge in [-0.05, 0) is 48.0 Å². The number of carbonyl (C=O) groups is 1. The molecule has 3 aromatic carbocycles. The number of ether oxygens (including phenoxy) is 2. The van der Waals surface area contributed by atoms with Crippen molar-refractivity contribution in [3.05, 3.63) is 87.4 Å². The molecular weight excluding hydrogens is 427 g/mol. The first kappa shape index (κ1) is 21.5. The highest BCUT2D eigenvalue weighted by atomic mass is 35.5. The number of aromatic carboxylic acids is 1. The zero-order valence-electron chi connectivity index (χ0n) is 15.9. The number of hydrogen-bond acceptors (Lipinski definition) is 5. The zero-order valence-corrected chi connectivity index (χ0v) is 17.4. The van der Waals surface area contributed by atoms with E-state index in [1.165, 1.54) is 6.07 Å². The van der Waals surface area contributed by atoms with Gasteiger partial charge in [0.25, 0.3) is 0 Å². The first-order valence-corrected chi connectivity index (χ1v) is 9.59. The number of methoxy groups -OCH3 is 1. The largest absolute Gasteiger partial charge is 0.493 e. The maximum Gasteiger partial charge on any atom is 0.337 e. The molecule has 0 aliphatic rings. The Bertz CT molecular complexity index is 1090. The normalized spacial score (nSPS) is 10.8. The van der Waals surface area contributed by atoms with Crippen LogP contribution in [-0.4, -0.2) is 24.4 Å². The first-order valence-electron chi connectivity index (χ1n) is 8.84. The molecule has 0 bridgehead atoms. The number of anilines is 1. The van der Waals surface area contributed by atoms with Gasteiger partial charge >= 0.3 is 5.97 Å².